The van der Waals surface area contributed by atoms with Crippen molar-refractivity contribution in [2.24, 2.45) is 5.73 Å². The largest absolute Gasteiger partial charge is 0.443 e. The van der Waals surface area contributed by atoms with Crippen LogP contribution in [-0.4, -0.2) is 33.0 Å². The van der Waals surface area contributed by atoms with Gasteiger partial charge in [0.2, 0.25) is 0 Å². The molecule has 96 valence electrons. The van der Waals surface area contributed by atoms with E-state index in [1.807, 2.05) is 0 Å². The molecule has 0 aliphatic heterocycles. The van der Waals surface area contributed by atoms with Gasteiger partial charge in [0.1, 0.15) is 11.9 Å². The predicted octanol–water partition coefficient (Wildman–Crippen LogP) is 1.05. The van der Waals surface area contributed by atoms with Gasteiger partial charge in [0.15, 0.2) is 0 Å². The van der Waals surface area contributed by atoms with Crippen LogP contribution in [-0.2, 0) is 4.74 Å². The fourth-order valence-electron chi connectivity index (χ4n) is 1.23. The number of hydrogen-bond donors (Lipinski definition) is 2. The second-order valence-corrected chi connectivity index (χ2v) is 4.80. The summed E-state index contributed by atoms with van der Waals surface area (Å²) in [6.45, 7) is 5.36. The predicted molar refractivity (Wildman–Crippen MR) is 62.5 cm³/mol. The molecule has 3 N–H and O–H groups in total. The molecule has 0 radical (unpaired) electrons. The van der Waals surface area contributed by atoms with Crippen molar-refractivity contribution < 1.29 is 14.6 Å². The number of nitrogens with zero attached hydrogens (tertiary/aromatic N) is 2. The number of imidazole rings is 1. The third kappa shape index (κ3) is 4.16. The highest BCUT2D eigenvalue weighted by Gasteiger charge is 2.19. The molecular formula is C11H19N3O3. The van der Waals surface area contributed by atoms with Gasteiger partial charge in [0.25, 0.3) is 0 Å². The molecule has 0 bridgehead atoms. The average Bonchev–Trinajstić information content (AvgIpc) is 2.63. The molecule has 1 atom stereocenters. The Labute approximate surface area is 100 Å². The third-order valence-electron chi connectivity index (χ3n) is 2.03. The summed E-state index contributed by atoms with van der Waals surface area (Å²) in [7, 11) is 0. The molecule has 1 unspecified atom stereocenters. The van der Waals surface area contributed by atoms with E-state index >= 15 is 0 Å². The molecule has 1 rings (SSSR count). The van der Waals surface area contributed by atoms with Crippen molar-refractivity contribution in [2.75, 3.05) is 6.61 Å². The minimum absolute atomic E-state index is 0.0134. The number of rotatable bonds is 3. The Morgan fingerprint density at radius 1 is 1.65 bits per heavy atom. The minimum atomic E-state index is -0.547. The standard InChI is InChI=1S/C11H19N3O3/c1-11(2,3)17-10(16)14-6-9(13-7-14)8(12)4-5-15/h6-8,15H,4-5,12H2,1-3H3. The van der Waals surface area contributed by atoms with Gasteiger partial charge in [-0.2, -0.15) is 0 Å². The van der Waals surface area contributed by atoms with Crippen LogP contribution in [0.25, 0.3) is 0 Å². The molecule has 0 fully saturated rings. The number of aliphatic hydroxyl groups excluding tert-OH is 1. The summed E-state index contributed by atoms with van der Waals surface area (Å²) >= 11 is 0. The highest BCUT2D eigenvalue weighted by Crippen LogP contribution is 2.13. The van der Waals surface area contributed by atoms with Crippen molar-refractivity contribution in [1.29, 1.82) is 0 Å². The second kappa shape index (κ2) is 5.29. The van der Waals surface area contributed by atoms with Crippen LogP contribution in [0, 0.1) is 0 Å². The monoisotopic (exact) mass is 241 g/mol. The number of ether oxygens (including phenoxy) is 1. The second-order valence-electron chi connectivity index (χ2n) is 4.80. The first-order chi connectivity index (χ1) is 7.83. The number of carbonyl (C=O) groups is 1. The quantitative estimate of drug-likeness (QED) is 0.825. The Morgan fingerprint density at radius 3 is 2.82 bits per heavy atom. The van der Waals surface area contributed by atoms with E-state index in [1.54, 1.807) is 20.8 Å². The Kier molecular flexibility index (Phi) is 4.25. The van der Waals surface area contributed by atoms with Crippen molar-refractivity contribution in [3.05, 3.63) is 18.2 Å². The summed E-state index contributed by atoms with van der Waals surface area (Å²) in [5.41, 5.74) is 5.77. The molecule has 1 aromatic rings. The van der Waals surface area contributed by atoms with E-state index < -0.39 is 11.7 Å². The van der Waals surface area contributed by atoms with Crippen molar-refractivity contribution in [1.82, 2.24) is 9.55 Å². The first-order valence-electron chi connectivity index (χ1n) is 5.47. The van der Waals surface area contributed by atoms with Gasteiger partial charge in [0.05, 0.1) is 11.7 Å². The van der Waals surface area contributed by atoms with Crippen LogP contribution in [0.1, 0.15) is 38.9 Å². The van der Waals surface area contributed by atoms with Gasteiger partial charge >= 0.3 is 6.09 Å². The van der Waals surface area contributed by atoms with E-state index in [4.69, 9.17) is 15.6 Å². The fourth-order valence-corrected chi connectivity index (χ4v) is 1.23. The maximum atomic E-state index is 11.7. The van der Waals surface area contributed by atoms with Crippen LogP contribution in [0.4, 0.5) is 4.79 Å². The summed E-state index contributed by atoms with van der Waals surface area (Å²) in [6, 6.07) is -0.372. The van der Waals surface area contributed by atoms with Crippen LogP contribution in [0.15, 0.2) is 12.5 Å². The topological polar surface area (TPSA) is 90.4 Å². The van der Waals surface area contributed by atoms with Gasteiger partial charge in [-0.25, -0.2) is 14.3 Å². The Morgan fingerprint density at radius 2 is 2.29 bits per heavy atom. The molecule has 0 saturated heterocycles. The molecule has 6 nitrogen and oxygen atoms in total. The van der Waals surface area contributed by atoms with Crippen molar-refractivity contribution in [3.63, 3.8) is 0 Å². The van der Waals surface area contributed by atoms with E-state index in [2.05, 4.69) is 4.98 Å². The van der Waals surface area contributed by atoms with Crippen LogP contribution in [0.5, 0.6) is 0 Å². The number of aliphatic hydroxyl groups is 1. The lowest BCUT2D eigenvalue weighted by Gasteiger charge is -2.19. The summed E-state index contributed by atoms with van der Waals surface area (Å²) < 4.78 is 6.42. The smallest absolute Gasteiger partial charge is 0.419 e. The van der Waals surface area contributed by atoms with Crippen molar-refractivity contribution in [3.8, 4) is 0 Å². The lowest BCUT2D eigenvalue weighted by molar-refractivity contribution is 0.0536. The molecule has 0 aromatic carbocycles. The first-order valence-corrected chi connectivity index (χ1v) is 5.47. The summed E-state index contributed by atoms with van der Waals surface area (Å²) in [6.07, 6.45) is 2.80. The van der Waals surface area contributed by atoms with Gasteiger partial charge in [-0.3, -0.25) is 0 Å². The van der Waals surface area contributed by atoms with Crippen LogP contribution >= 0.6 is 0 Å². The van der Waals surface area contributed by atoms with E-state index in [0.717, 1.165) is 0 Å². The maximum Gasteiger partial charge on any atom is 0.419 e. The maximum absolute atomic E-state index is 11.7. The van der Waals surface area contributed by atoms with E-state index in [1.165, 1.54) is 17.1 Å². The highest BCUT2D eigenvalue weighted by molar-refractivity contribution is 5.70. The SMILES string of the molecule is CC(C)(C)OC(=O)n1cnc(C(N)CCO)c1. The van der Waals surface area contributed by atoms with Gasteiger partial charge in [-0.1, -0.05) is 0 Å². The molecular weight excluding hydrogens is 222 g/mol. The Bertz CT molecular complexity index is 382. The summed E-state index contributed by atoms with van der Waals surface area (Å²) in [5.74, 6) is 0. The molecule has 6 heteroatoms. The molecule has 1 heterocycles. The lowest BCUT2D eigenvalue weighted by atomic mass is 10.2. The minimum Gasteiger partial charge on any atom is -0.443 e. The van der Waals surface area contributed by atoms with Crippen molar-refractivity contribution in [2.45, 2.75) is 38.8 Å². The molecule has 0 saturated carbocycles. The van der Waals surface area contributed by atoms with E-state index in [0.29, 0.717) is 12.1 Å². The number of carbonyl (C=O) groups excluding carboxylic acids is 1. The molecule has 1 aromatic heterocycles. The van der Waals surface area contributed by atoms with E-state index in [-0.39, 0.29) is 12.6 Å². The third-order valence-corrected chi connectivity index (χ3v) is 2.03. The van der Waals surface area contributed by atoms with Crippen molar-refractivity contribution >= 4 is 6.09 Å². The zero-order chi connectivity index (χ0) is 13.1. The number of nitrogens with two attached hydrogens (primary N) is 1. The highest BCUT2D eigenvalue weighted by atomic mass is 16.6. The molecule has 0 aliphatic rings. The van der Waals surface area contributed by atoms with Crippen LogP contribution < -0.4 is 5.73 Å². The molecule has 0 aliphatic carbocycles. The lowest BCUT2D eigenvalue weighted by Crippen LogP contribution is -2.26. The summed E-state index contributed by atoms with van der Waals surface area (Å²) in [5, 5.41) is 8.76. The molecule has 0 spiro atoms. The zero-order valence-corrected chi connectivity index (χ0v) is 10.4. The summed E-state index contributed by atoms with van der Waals surface area (Å²) in [4.78, 5) is 15.7. The normalized spacial score (nSPS) is 13.5. The average molecular weight is 241 g/mol. The van der Waals surface area contributed by atoms with Gasteiger partial charge in [-0.05, 0) is 27.2 Å². The fraction of sp³-hybridized carbons (Fsp3) is 0.636. The van der Waals surface area contributed by atoms with E-state index in [9.17, 15) is 4.79 Å². The van der Waals surface area contributed by atoms with Crippen LogP contribution in [0.3, 0.4) is 0 Å². The molecule has 0 amide bonds. The van der Waals surface area contributed by atoms with Gasteiger partial charge < -0.3 is 15.6 Å². The number of aromatic nitrogens is 2. The Balaban J connectivity index is 2.71. The van der Waals surface area contributed by atoms with Gasteiger partial charge in [-0.15, -0.1) is 0 Å². The first kappa shape index (κ1) is 13.7. The van der Waals surface area contributed by atoms with Crippen LogP contribution in [0.2, 0.25) is 0 Å². The Hall–Kier alpha value is -1.40. The van der Waals surface area contributed by atoms with Gasteiger partial charge in [0, 0.05) is 12.8 Å². The molecule has 17 heavy (non-hydrogen) atoms. The number of hydrogen-bond acceptors (Lipinski definition) is 5. The zero-order valence-electron chi connectivity index (χ0n) is 10.4.